The van der Waals surface area contributed by atoms with Crippen LogP contribution in [0.15, 0.2) is 0 Å². The first-order valence-electron chi connectivity index (χ1n) is 5.95. The highest BCUT2D eigenvalue weighted by atomic mass is 19.4. The maximum absolute atomic E-state index is 12.0. The molecule has 21 heavy (non-hydrogen) atoms. The summed E-state index contributed by atoms with van der Waals surface area (Å²) in [5.74, 6) is -2.04. The van der Waals surface area contributed by atoms with Gasteiger partial charge in [-0.2, -0.15) is 13.2 Å². The molecule has 0 rings (SSSR count). The lowest BCUT2D eigenvalue weighted by atomic mass is 10.1. The number of carbonyl (C=O) groups is 3. The highest BCUT2D eigenvalue weighted by Gasteiger charge is 2.29. The maximum Gasteiger partial charge on any atom is 0.390 e. The zero-order chi connectivity index (χ0) is 16.6. The van der Waals surface area contributed by atoms with Crippen LogP contribution in [0.2, 0.25) is 0 Å². The normalized spacial score (nSPS) is 12.4. The summed E-state index contributed by atoms with van der Waals surface area (Å²) in [6, 6.07) is -2.35. The van der Waals surface area contributed by atoms with Gasteiger partial charge in [-0.15, -0.1) is 0 Å². The Hall–Kier alpha value is -2.00. The molecule has 1 atom stereocenters. The van der Waals surface area contributed by atoms with E-state index in [1.54, 1.807) is 0 Å². The Balaban J connectivity index is 4.40. The minimum absolute atomic E-state index is 0.221. The van der Waals surface area contributed by atoms with Gasteiger partial charge in [-0.25, -0.2) is 9.59 Å². The molecule has 0 aromatic carbocycles. The number of rotatable bonds is 7. The van der Waals surface area contributed by atoms with Crippen LogP contribution < -0.4 is 5.32 Å². The molecule has 2 N–H and O–H groups in total. The molecule has 0 aliphatic carbocycles. The van der Waals surface area contributed by atoms with Crippen LogP contribution in [0.3, 0.4) is 0 Å². The first kappa shape index (κ1) is 19.0. The molecule has 0 aliphatic heterocycles. The minimum atomic E-state index is -4.41. The largest absolute Gasteiger partial charge is 0.480 e. The molecule has 0 spiro atoms. The first-order valence-corrected chi connectivity index (χ1v) is 5.95. The van der Waals surface area contributed by atoms with Crippen molar-refractivity contribution in [1.29, 1.82) is 0 Å². The Morgan fingerprint density at radius 1 is 1.33 bits per heavy atom. The second kappa shape index (κ2) is 8.32. The predicted octanol–water partition coefficient (Wildman–Crippen LogP) is 0.987. The van der Waals surface area contributed by atoms with Gasteiger partial charge >= 0.3 is 24.1 Å². The molecule has 122 valence electrons. The van der Waals surface area contributed by atoms with Crippen molar-refractivity contribution in [3.05, 3.63) is 0 Å². The minimum Gasteiger partial charge on any atom is -0.480 e. The number of urea groups is 1. The summed E-state index contributed by atoms with van der Waals surface area (Å²) >= 11 is 0. The van der Waals surface area contributed by atoms with E-state index < -0.39 is 43.2 Å². The van der Waals surface area contributed by atoms with Gasteiger partial charge in [0, 0.05) is 20.0 Å². The second-order valence-corrected chi connectivity index (χ2v) is 4.24. The van der Waals surface area contributed by atoms with Gasteiger partial charge in [-0.05, 0) is 6.42 Å². The fourth-order valence-electron chi connectivity index (χ4n) is 1.28. The van der Waals surface area contributed by atoms with Gasteiger partial charge in [-0.3, -0.25) is 4.79 Å². The molecule has 0 radical (unpaired) electrons. The van der Waals surface area contributed by atoms with E-state index in [-0.39, 0.29) is 12.8 Å². The fraction of sp³-hybridized carbons (Fsp3) is 0.727. The number of hydrogen-bond donors (Lipinski definition) is 2. The summed E-state index contributed by atoms with van der Waals surface area (Å²) in [7, 11) is 2.24. The Morgan fingerprint density at radius 2 is 1.90 bits per heavy atom. The highest BCUT2D eigenvalue weighted by Crippen LogP contribution is 2.19. The number of carbonyl (C=O) groups excluding carboxylic acids is 2. The number of amides is 2. The summed E-state index contributed by atoms with van der Waals surface area (Å²) < 4.78 is 40.4. The van der Waals surface area contributed by atoms with Crippen molar-refractivity contribution in [2.24, 2.45) is 0 Å². The Morgan fingerprint density at radius 3 is 2.33 bits per heavy atom. The lowest BCUT2D eigenvalue weighted by molar-refractivity contribution is -0.142. The van der Waals surface area contributed by atoms with Crippen LogP contribution >= 0.6 is 0 Å². The number of alkyl halides is 3. The predicted molar refractivity (Wildman–Crippen MR) is 64.5 cm³/mol. The molecule has 0 aromatic heterocycles. The van der Waals surface area contributed by atoms with Crippen LogP contribution in [0.1, 0.15) is 19.3 Å². The topological polar surface area (TPSA) is 95.9 Å². The first-order chi connectivity index (χ1) is 9.56. The smallest absolute Gasteiger partial charge is 0.390 e. The standard InChI is InChI=1S/C11H17F3N2O5/c1-16(6-5-11(12,13)14)10(20)15-7(9(18)19)3-4-8(17)21-2/h7H,3-6H2,1-2H3,(H,15,20)(H,18,19)/t7-/m1/s1. The van der Waals surface area contributed by atoms with Gasteiger partial charge < -0.3 is 20.1 Å². The fourth-order valence-corrected chi connectivity index (χ4v) is 1.28. The van der Waals surface area contributed by atoms with Crippen molar-refractivity contribution in [3.63, 3.8) is 0 Å². The van der Waals surface area contributed by atoms with Crippen molar-refractivity contribution >= 4 is 18.0 Å². The highest BCUT2D eigenvalue weighted by molar-refractivity contribution is 5.83. The van der Waals surface area contributed by atoms with E-state index in [1.807, 2.05) is 5.32 Å². The zero-order valence-corrected chi connectivity index (χ0v) is 11.6. The van der Waals surface area contributed by atoms with E-state index in [9.17, 15) is 27.6 Å². The Bertz CT molecular complexity index is 387. The van der Waals surface area contributed by atoms with Crippen LogP contribution in [0, 0.1) is 0 Å². The molecular formula is C11H17F3N2O5. The Labute approximate surface area is 119 Å². The van der Waals surface area contributed by atoms with Gasteiger partial charge in [0.05, 0.1) is 13.5 Å². The molecule has 0 aliphatic rings. The summed E-state index contributed by atoms with van der Waals surface area (Å²) in [5.41, 5.74) is 0. The van der Waals surface area contributed by atoms with Crippen LogP contribution in [0.5, 0.6) is 0 Å². The second-order valence-electron chi connectivity index (χ2n) is 4.24. The lowest BCUT2D eigenvalue weighted by Crippen LogP contribution is -2.47. The van der Waals surface area contributed by atoms with E-state index in [1.165, 1.54) is 0 Å². The van der Waals surface area contributed by atoms with Crippen molar-refractivity contribution in [3.8, 4) is 0 Å². The van der Waals surface area contributed by atoms with Crippen LogP contribution in [-0.2, 0) is 14.3 Å². The third kappa shape index (κ3) is 8.71. The van der Waals surface area contributed by atoms with Crippen molar-refractivity contribution in [2.45, 2.75) is 31.5 Å². The molecule has 10 heteroatoms. The average Bonchev–Trinajstić information content (AvgIpc) is 2.38. The monoisotopic (exact) mass is 314 g/mol. The van der Waals surface area contributed by atoms with Crippen molar-refractivity contribution in [1.82, 2.24) is 10.2 Å². The number of hydrogen-bond acceptors (Lipinski definition) is 4. The summed E-state index contributed by atoms with van der Waals surface area (Å²) in [6.07, 6.45) is -6.07. The van der Waals surface area contributed by atoms with Gasteiger partial charge in [0.2, 0.25) is 0 Å². The number of ether oxygens (including phenoxy) is 1. The van der Waals surface area contributed by atoms with Crippen LogP contribution in [0.25, 0.3) is 0 Å². The molecule has 0 heterocycles. The maximum atomic E-state index is 12.0. The molecular weight excluding hydrogens is 297 g/mol. The number of nitrogens with one attached hydrogen (secondary N) is 1. The Kier molecular flexibility index (Phi) is 7.53. The van der Waals surface area contributed by atoms with E-state index in [0.717, 1.165) is 19.1 Å². The third-order valence-electron chi connectivity index (χ3n) is 2.54. The van der Waals surface area contributed by atoms with Crippen LogP contribution in [0.4, 0.5) is 18.0 Å². The molecule has 0 bridgehead atoms. The number of halogens is 3. The van der Waals surface area contributed by atoms with E-state index in [0.29, 0.717) is 0 Å². The van der Waals surface area contributed by atoms with E-state index in [4.69, 9.17) is 5.11 Å². The third-order valence-corrected chi connectivity index (χ3v) is 2.54. The molecule has 0 unspecified atom stereocenters. The number of nitrogens with zero attached hydrogens (tertiary/aromatic N) is 1. The molecule has 0 saturated carbocycles. The van der Waals surface area contributed by atoms with Crippen molar-refractivity contribution < 1.29 is 37.4 Å². The van der Waals surface area contributed by atoms with E-state index in [2.05, 4.69) is 4.74 Å². The molecule has 0 saturated heterocycles. The zero-order valence-electron chi connectivity index (χ0n) is 11.6. The number of esters is 1. The molecule has 0 fully saturated rings. The summed E-state index contributed by atoms with van der Waals surface area (Å²) in [5, 5.41) is 10.9. The SMILES string of the molecule is COC(=O)CC[C@@H](NC(=O)N(C)CCC(F)(F)F)C(=O)O. The summed E-state index contributed by atoms with van der Waals surface area (Å²) in [6.45, 7) is -0.599. The van der Waals surface area contributed by atoms with Gasteiger partial charge in [0.1, 0.15) is 6.04 Å². The molecule has 7 nitrogen and oxygen atoms in total. The summed E-state index contributed by atoms with van der Waals surface area (Å²) in [4.78, 5) is 34.1. The molecule has 2 amide bonds. The number of carboxylic acids is 1. The quantitative estimate of drug-likeness (QED) is 0.683. The van der Waals surface area contributed by atoms with E-state index >= 15 is 0 Å². The molecule has 0 aromatic rings. The van der Waals surface area contributed by atoms with Gasteiger partial charge in [0.25, 0.3) is 0 Å². The average molecular weight is 314 g/mol. The number of methoxy groups -OCH3 is 1. The number of carboxylic acid groups (broad SMARTS) is 1. The van der Waals surface area contributed by atoms with Gasteiger partial charge in [-0.1, -0.05) is 0 Å². The van der Waals surface area contributed by atoms with Crippen LogP contribution in [-0.4, -0.2) is 60.9 Å². The van der Waals surface area contributed by atoms with Gasteiger partial charge in [0.15, 0.2) is 0 Å². The lowest BCUT2D eigenvalue weighted by Gasteiger charge is -2.21. The number of aliphatic carboxylic acids is 1. The van der Waals surface area contributed by atoms with Crippen molar-refractivity contribution in [2.75, 3.05) is 20.7 Å².